The first-order valence-electron chi connectivity index (χ1n) is 3.71. The highest BCUT2D eigenvalue weighted by molar-refractivity contribution is 4.95. The lowest BCUT2D eigenvalue weighted by Crippen LogP contribution is -2.03. The highest BCUT2D eigenvalue weighted by atomic mass is 16.5. The van der Waals surface area contributed by atoms with Gasteiger partial charge in [0, 0.05) is 0 Å². The SMILES string of the molecule is CCCCC1C=CCO1. The molecule has 0 saturated carbocycles. The Bertz CT molecular complexity index is 96.7. The van der Waals surface area contributed by atoms with Crippen LogP contribution in [0.15, 0.2) is 12.2 Å². The number of rotatable bonds is 3. The molecule has 1 heterocycles. The minimum absolute atomic E-state index is 0.435. The molecule has 1 heteroatoms. The zero-order valence-corrected chi connectivity index (χ0v) is 5.97. The van der Waals surface area contributed by atoms with E-state index in [2.05, 4.69) is 19.1 Å². The standard InChI is InChI=1S/C8H14O/c1-2-3-5-8-6-4-7-9-8/h4,6,8H,2-3,5,7H2,1H3. The quantitative estimate of drug-likeness (QED) is 0.526. The smallest absolute Gasteiger partial charge is 0.0760 e. The largest absolute Gasteiger partial charge is 0.370 e. The fraction of sp³-hybridized carbons (Fsp3) is 0.750. The van der Waals surface area contributed by atoms with Crippen LogP contribution in [0.5, 0.6) is 0 Å². The van der Waals surface area contributed by atoms with Crippen molar-refractivity contribution in [1.29, 1.82) is 0 Å². The van der Waals surface area contributed by atoms with Crippen LogP contribution in [-0.2, 0) is 4.74 Å². The van der Waals surface area contributed by atoms with Gasteiger partial charge in [-0.2, -0.15) is 0 Å². The van der Waals surface area contributed by atoms with E-state index >= 15 is 0 Å². The normalized spacial score (nSPS) is 25.2. The van der Waals surface area contributed by atoms with Crippen LogP contribution in [0.2, 0.25) is 0 Å². The van der Waals surface area contributed by atoms with Crippen molar-refractivity contribution in [2.24, 2.45) is 0 Å². The van der Waals surface area contributed by atoms with Crippen LogP contribution in [0, 0.1) is 0 Å². The third-order valence-corrected chi connectivity index (χ3v) is 1.60. The number of ether oxygens (including phenoxy) is 1. The molecule has 52 valence electrons. The summed E-state index contributed by atoms with van der Waals surface area (Å²) in [6, 6.07) is 0. The van der Waals surface area contributed by atoms with Gasteiger partial charge in [0.15, 0.2) is 0 Å². The van der Waals surface area contributed by atoms with E-state index in [9.17, 15) is 0 Å². The molecule has 1 nitrogen and oxygen atoms in total. The van der Waals surface area contributed by atoms with E-state index in [0.29, 0.717) is 6.10 Å². The highest BCUT2D eigenvalue weighted by Gasteiger charge is 2.06. The summed E-state index contributed by atoms with van der Waals surface area (Å²) in [4.78, 5) is 0. The van der Waals surface area contributed by atoms with Gasteiger partial charge < -0.3 is 4.74 Å². The molecule has 0 aromatic carbocycles. The molecule has 0 fully saturated rings. The zero-order chi connectivity index (χ0) is 6.53. The summed E-state index contributed by atoms with van der Waals surface area (Å²) in [6.07, 6.45) is 8.45. The summed E-state index contributed by atoms with van der Waals surface area (Å²) < 4.78 is 5.34. The Labute approximate surface area is 56.7 Å². The van der Waals surface area contributed by atoms with Gasteiger partial charge in [0.1, 0.15) is 0 Å². The van der Waals surface area contributed by atoms with Crippen molar-refractivity contribution >= 4 is 0 Å². The summed E-state index contributed by atoms with van der Waals surface area (Å²) in [7, 11) is 0. The highest BCUT2D eigenvalue weighted by Crippen LogP contribution is 2.10. The monoisotopic (exact) mass is 126 g/mol. The predicted molar refractivity (Wildman–Crippen MR) is 38.4 cm³/mol. The van der Waals surface area contributed by atoms with E-state index in [1.54, 1.807) is 0 Å². The Kier molecular flexibility index (Phi) is 2.78. The molecule has 9 heavy (non-hydrogen) atoms. The molecule has 0 N–H and O–H groups in total. The van der Waals surface area contributed by atoms with Crippen LogP contribution in [0.4, 0.5) is 0 Å². The van der Waals surface area contributed by atoms with Crippen LogP contribution in [0.1, 0.15) is 26.2 Å². The van der Waals surface area contributed by atoms with Gasteiger partial charge in [-0.05, 0) is 6.42 Å². The summed E-state index contributed by atoms with van der Waals surface area (Å²) in [5.74, 6) is 0. The lowest BCUT2D eigenvalue weighted by molar-refractivity contribution is 0.119. The Hall–Kier alpha value is -0.300. The van der Waals surface area contributed by atoms with E-state index < -0.39 is 0 Å². The molecule has 1 unspecified atom stereocenters. The number of hydrogen-bond donors (Lipinski definition) is 0. The van der Waals surface area contributed by atoms with Crippen molar-refractivity contribution < 1.29 is 4.74 Å². The molecule has 0 amide bonds. The van der Waals surface area contributed by atoms with Gasteiger partial charge in [0.05, 0.1) is 12.7 Å². The molecule has 1 aliphatic heterocycles. The summed E-state index contributed by atoms with van der Waals surface area (Å²) in [5, 5.41) is 0. The Balaban J connectivity index is 2.05. The third-order valence-electron chi connectivity index (χ3n) is 1.60. The minimum Gasteiger partial charge on any atom is -0.370 e. The van der Waals surface area contributed by atoms with Crippen LogP contribution in [0.3, 0.4) is 0 Å². The first-order chi connectivity index (χ1) is 4.43. The maximum Gasteiger partial charge on any atom is 0.0760 e. The van der Waals surface area contributed by atoms with E-state index in [1.165, 1.54) is 19.3 Å². The van der Waals surface area contributed by atoms with Crippen LogP contribution in [-0.4, -0.2) is 12.7 Å². The van der Waals surface area contributed by atoms with Gasteiger partial charge in [-0.25, -0.2) is 0 Å². The van der Waals surface area contributed by atoms with E-state index in [0.717, 1.165) is 6.61 Å². The molecular formula is C8H14O. The number of hydrogen-bond acceptors (Lipinski definition) is 1. The average Bonchev–Trinajstić information content (AvgIpc) is 2.34. The summed E-state index contributed by atoms with van der Waals surface area (Å²) >= 11 is 0. The summed E-state index contributed by atoms with van der Waals surface area (Å²) in [6.45, 7) is 3.03. The maximum atomic E-state index is 5.34. The van der Waals surface area contributed by atoms with Crippen molar-refractivity contribution in [3.05, 3.63) is 12.2 Å². The second-order valence-electron chi connectivity index (χ2n) is 2.44. The first-order valence-corrected chi connectivity index (χ1v) is 3.71. The maximum absolute atomic E-state index is 5.34. The molecular weight excluding hydrogens is 112 g/mol. The van der Waals surface area contributed by atoms with E-state index in [1.807, 2.05) is 0 Å². The van der Waals surface area contributed by atoms with Crippen LogP contribution in [0.25, 0.3) is 0 Å². The van der Waals surface area contributed by atoms with Crippen molar-refractivity contribution in [3.63, 3.8) is 0 Å². The van der Waals surface area contributed by atoms with Crippen LogP contribution < -0.4 is 0 Å². The number of unbranched alkanes of at least 4 members (excludes halogenated alkanes) is 1. The van der Waals surface area contributed by atoms with Gasteiger partial charge >= 0.3 is 0 Å². The van der Waals surface area contributed by atoms with E-state index in [4.69, 9.17) is 4.74 Å². The van der Waals surface area contributed by atoms with Gasteiger partial charge in [0.2, 0.25) is 0 Å². The topological polar surface area (TPSA) is 9.23 Å². The molecule has 0 radical (unpaired) electrons. The van der Waals surface area contributed by atoms with Crippen molar-refractivity contribution in [1.82, 2.24) is 0 Å². The van der Waals surface area contributed by atoms with Gasteiger partial charge in [0.25, 0.3) is 0 Å². The van der Waals surface area contributed by atoms with Gasteiger partial charge in [-0.3, -0.25) is 0 Å². The van der Waals surface area contributed by atoms with Crippen molar-refractivity contribution in [2.75, 3.05) is 6.61 Å². The van der Waals surface area contributed by atoms with Gasteiger partial charge in [-0.1, -0.05) is 31.9 Å². The first kappa shape index (κ1) is 6.81. The second kappa shape index (κ2) is 3.67. The molecule has 0 spiro atoms. The lowest BCUT2D eigenvalue weighted by Gasteiger charge is -2.05. The molecule has 0 aromatic rings. The Morgan fingerprint density at radius 3 is 3.11 bits per heavy atom. The van der Waals surface area contributed by atoms with E-state index in [-0.39, 0.29) is 0 Å². The molecule has 0 bridgehead atoms. The molecule has 1 aliphatic rings. The Morgan fingerprint density at radius 1 is 1.67 bits per heavy atom. The molecule has 0 aromatic heterocycles. The molecule has 1 atom stereocenters. The summed E-state index contributed by atoms with van der Waals surface area (Å²) in [5.41, 5.74) is 0. The van der Waals surface area contributed by atoms with Crippen molar-refractivity contribution in [3.8, 4) is 0 Å². The van der Waals surface area contributed by atoms with Gasteiger partial charge in [-0.15, -0.1) is 0 Å². The Morgan fingerprint density at radius 2 is 2.56 bits per heavy atom. The fourth-order valence-electron chi connectivity index (χ4n) is 1.03. The fourth-order valence-corrected chi connectivity index (χ4v) is 1.03. The predicted octanol–water partition coefficient (Wildman–Crippen LogP) is 2.13. The molecule has 1 rings (SSSR count). The lowest BCUT2D eigenvalue weighted by atomic mass is 10.2. The molecule has 0 aliphatic carbocycles. The second-order valence-corrected chi connectivity index (χ2v) is 2.44. The average molecular weight is 126 g/mol. The molecule has 0 saturated heterocycles. The minimum atomic E-state index is 0.435. The van der Waals surface area contributed by atoms with Crippen LogP contribution >= 0.6 is 0 Å². The zero-order valence-electron chi connectivity index (χ0n) is 5.97. The third kappa shape index (κ3) is 2.19. The van der Waals surface area contributed by atoms with Crippen molar-refractivity contribution in [2.45, 2.75) is 32.3 Å².